The first-order valence-electron chi connectivity index (χ1n) is 10.3. The number of carbonyl (C=O) groups excluding carboxylic acids is 2. The summed E-state index contributed by atoms with van der Waals surface area (Å²) in [6.07, 6.45) is 3.98. The maximum absolute atomic E-state index is 11.8. The van der Waals surface area contributed by atoms with Gasteiger partial charge in [0.2, 0.25) is 12.2 Å². The van der Waals surface area contributed by atoms with E-state index < -0.39 is 5.97 Å². The van der Waals surface area contributed by atoms with E-state index in [0.29, 0.717) is 34.9 Å². The van der Waals surface area contributed by atoms with E-state index in [0.717, 1.165) is 26.4 Å². The average Bonchev–Trinajstić information content (AvgIpc) is 3.32. The summed E-state index contributed by atoms with van der Waals surface area (Å²) in [5.74, 6) is 1.55. The highest BCUT2D eigenvalue weighted by Crippen LogP contribution is 2.37. The number of ether oxygens (including phenoxy) is 4. The van der Waals surface area contributed by atoms with E-state index in [9.17, 15) is 9.59 Å². The highest BCUT2D eigenvalue weighted by molar-refractivity contribution is 7.21. The second kappa shape index (κ2) is 11.8. The van der Waals surface area contributed by atoms with Gasteiger partial charge in [-0.15, -0.1) is 11.3 Å². The molecule has 2 aromatic heterocycles. The van der Waals surface area contributed by atoms with Gasteiger partial charge in [0.1, 0.15) is 5.01 Å². The molecule has 0 atom stereocenters. The fourth-order valence-corrected chi connectivity index (χ4v) is 4.17. The predicted molar refractivity (Wildman–Crippen MR) is 135 cm³/mol. The van der Waals surface area contributed by atoms with E-state index in [2.05, 4.69) is 15.3 Å². The molecule has 4 aromatic rings. The van der Waals surface area contributed by atoms with Gasteiger partial charge in [0.05, 0.1) is 44.2 Å². The topological polar surface area (TPSA) is 109 Å². The number of anilines is 1. The second-order valence-electron chi connectivity index (χ2n) is 7.12. The lowest BCUT2D eigenvalue weighted by atomic mass is 10.1. The summed E-state index contributed by atoms with van der Waals surface area (Å²) in [6, 6.07) is 10.6. The Bertz CT molecular complexity index is 1280. The third kappa shape index (κ3) is 6.04. The minimum atomic E-state index is -0.474. The molecular weight excluding hydrogens is 470 g/mol. The van der Waals surface area contributed by atoms with Gasteiger partial charge in [-0.3, -0.25) is 9.78 Å². The Morgan fingerprint density at radius 3 is 2.29 bits per heavy atom. The van der Waals surface area contributed by atoms with E-state index in [1.54, 1.807) is 51.9 Å². The smallest absolute Gasteiger partial charge is 0.337 e. The molecule has 0 bridgehead atoms. The summed E-state index contributed by atoms with van der Waals surface area (Å²) in [5.41, 5.74) is 3.50. The zero-order valence-corrected chi connectivity index (χ0v) is 20.8. The Morgan fingerprint density at radius 1 is 1.00 bits per heavy atom. The van der Waals surface area contributed by atoms with Crippen LogP contribution in [0.3, 0.4) is 0 Å². The van der Waals surface area contributed by atoms with Crippen LogP contribution < -0.4 is 19.5 Å². The van der Waals surface area contributed by atoms with Crippen LogP contribution in [0.4, 0.5) is 5.69 Å². The molecule has 9 nitrogen and oxygen atoms in total. The number of amides is 1. The van der Waals surface area contributed by atoms with Gasteiger partial charge < -0.3 is 24.3 Å². The zero-order valence-electron chi connectivity index (χ0n) is 19.9. The number of nitrogens with one attached hydrogen (secondary N) is 1. The van der Waals surface area contributed by atoms with E-state index in [1.807, 2.05) is 25.1 Å². The van der Waals surface area contributed by atoms with Crippen molar-refractivity contribution in [2.24, 2.45) is 0 Å². The molecule has 0 saturated heterocycles. The number of benzene rings is 2. The van der Waals surface area contributed by atoms with Gasteiger partial charge in [0.25, 0.3) is 0 Å². The van der Waals surface area contributed by atoms with Crippen molar-refractivity contribution in [1.82, 2.24) is 9.97 Å². The molecule has 0 aliphatic carbocycles. The molecule has 35 heavy (non-hydrogen) atoms. The molecular formula is C25H25N3O6S. The molecule has 1 N–H and O–H groups in total. The van der Waals surface area contributed by atoms with Crippen LogP contribution in [0.2, 0.25) is 0 Å². The lowest BCUT2D eigenvalue weighted by Crippen LogP contribution is -2.03. The number of fused-ring (bicyclic) bond motifs is 1. The molecule has 182 valence electrons. The highest BCUT2D eigenvalue weighted by Gasteiger charge is 2.13. The molecule has 0 aliphatic rings. The summed E-state index contributed by atoms with van der Waals surface area (Å²) in [5, 5.41) is 3.29. The van der Waals surface area contributed by atoms with Gasteiger partial charge in [-0.1, -0.05) is 0 Å². The number of hydrogen-bond donors (Lipinski definition) is 1. The molecule has 0 spiro atoms. The summed E-state index contributed by atoms with van der Waals surface area (Å²) >= 11 is 1.46. The van der Waals surface area contributed by atoms with E-state index in [4.69, 9.17) is 18.9 Å². The molecule has 0 radical (unpaired) electrons. The molecule has 1 amide bonds. The second-order valence-corrected chi connectivity index (χ2v) is 8.15. The molecule has 4 rings (SSSR count). The van der Waals surface area contributed by atoms with Gasteiger partial charge >= 0.3 is 5.97 Å². The van der Waals surface area contributed by atoms with Crippen molar-refractivity contribution in [3.05, 3.63) is 59.9 Å². The van der Waals surface area contributed by atoms with Gasteiger partial charge in [0, 0.05) is 23.6 Å². The van der Waals surface area contributed by atoms with Crippen LogP contribution in [-0.2, 0) is 9.53 Å². The normalized spacial score (nSPS) is 10.1. The number of aromatic nitrogens is 2. The summed E-state index contributed by atoms with van der Waals surface area (Å²) < 4.78 is 21.2. The first-order chi connectivity index (χ1) is 16.9. The van der Waals surface area contributed by atoms with Crippen LogP contribution in [0.15, 0.2) is 48.8 Å². The Morgan fingerprint density at radius 2 is 1.71 bits per heavy atom. The van der Waals surface area contributed by atoms with Crippen molar-refractivity contribution < 1.29 is 28.5 Å². The molecule has 0 saturated carbocycles. The van der Waals surface area contributed by atoms with Crippen molar-refractivity contribution in [1.29, 1.82) is 0 Å². The third-order valence-corrected chi connectivity index (χ3v) is 5.88. The quantitative estimate of drug-likeness (QED) is 0.289. The van der Waals surface area contributed by atoms with Crippen LogP contribution in [0.5, 0.6) is 17.2 Å². The fourth-order valence-electron chi connectivity index (χ4n) is 3.25. The highest BCUT2D eigenvalue weighted by atomic mass is 32.1. The number of esters is 1. The summed E-state index contributed by atoms with van der Waals surface area (Å²) in [7, 11) is 6.12. The number of thiazole rings is 1. The number of carbonyl (C=O) groups is 2. The minimum absolute atomic E-state index is 0.349. The van der Waals surface area contributed by atoms with Crippen LogP contribution in [0, 0.1) is 6.92 Å². The predicted octanol–water partition coefficient (Wildman–Crippen LogP) is 4.73. The SMILES string of the molecule is COC(=O)c1cc(NC=O)cc(-c2nc3ccncc3s2)c1.COc1cc(C)cc(OC)c1OC. The van der Waals surface area contributed by atoms with Crippen molar-refractivity contribution in [3.63, 3.8) is 0 Å². The van der Waals surface area contributed by atoms with E-state index in [1.165, 1.54) is 18.4 Å². The molecule has 0 aliphatic heterocycles. The van der Waals surface area contributed by atoms with Crippen molar-refractivity contribution in [2.45, 2.75) is 6.92 Å². The van der Waals surface area contributed by atoms with Crippen molar-refractivity contribution in [3.8, 4) is 27.8 Å². The zero-order chi connectivity index (χ0) is 25.4. The molecule has 2 heterocycles. The molecule has 10 heteroatoms. The van der Waals surface area contributed by atoms with E-state index >= 15 is 0 Å². The third-order valence-electron chi connectivity index (χ3n) is 4.83. The Kier molecular flexibility index (Phi) is 8.58. The van der Waals surface area contributed by atoms with Crippen LogP contribution in [0.1, 0.15) is 15.9 Å². The maximum Gasteiger partial charge on any atom is 0.337 e. The van der Waals surface area contributed by atoms with Gasteiger partial charge in [-0.05, 0) is 48.9 Å². The summed E-state index contributed by atoms with van der Waals surface area (Å²) in [6.45, 7) is 1.98. The Hall–Kier alpha value is -4.18. The lowest BCUT2D eigenvalue weighted by Gasteiger charge is -2.12. The average molecular weight is 496 g/mol. The lowest BCUT2D eigenvalue weighted by molar-refractivity contribution is -0.105. The van der Waals surface area contributed by atoms with Crippen molar-refractivity contribution >= 4 is 39.6 Å². The molecule has 0 fully saturated rings. The van der Waals surface area contributed by atoms with Gasteiger partial charge in [0.15, 0.2) is 11.5 Å². The minimum Gasteiger partial charge on any atom is -0.493 e. The number of rotatable bonds is 7. The number of hydrogen-bond acceptors (Lipinski definition) is 9. The number of aryl methyl sites for hydroxylation is 1. The fraction of sp³-hybridized carbons (Fsp3) is 0.200. The Balaban J connectivity index is 0.000000225. The maximum atomic E-state index is 11.8. The van der Waals surface area contributed by atoms with E-state index in [-0.39, 0.29) is 0 Å². The van der Waals surface area contributed by atoms with Gasteiger partial charge in [-0.25, -0.2) is 9.78 Å². The molecule has 0 unspecified atom stereocenters. The monoisotopic (exact) mass is 495 g/mol. The van der Waals surface area contributed by atoms with Crippen LogP contribution in [0.25, 0.3) is 20.8 Å². The van der Waals surface area contributed by atoms with Crippen LogP contribution >= 0.6 is 11.3 Å². The number of pyridine rings is 1. The Labute approximate surface area is 206 Å². The first kappa shape index (κ1) is 25.4. The van der Waals surface area contributed by atoms with Gasteiger partial charge in [-0.2, -0.15) is 0 Å². The number of nitrogens with zero attached hydrogens (tertiary/aromatic N) is 2. The first-order valence-corrected chi connectivity index (χ1v) is 11.2. The standard InChI is InChI=1S/C15H11N3O3S.C10H14O3/c1-21-15(20)10-4-9(5-11(6-10)17-8-19)14-18-12-2-3-16-7-13(12)22-14;1-7-5-8(11-2)10(13-4)9(6-7)12-3/h2-8H,1H3,(H,17,19);5-6H,1-4H3. The van der Waals surface area contributed by atoms with Crippen molar-refractivity contribution in [2.75, 3.05) is 33.8 Å². The van der Waals surface area contributed by atoms with Crippen LogP contribution in [-0.4, -0.2) is 50.8 Å². The largest absolute Gasteiger partial charge is 0.493 e. The summed E-state index contributed by atoms with van der Waals surface area (Å²) in [4.78, 5) is 31.0. The number of methoxy groups -OCH3 is 4. The molecule has 2 aromatic carbocycles.